The summed E-state index contributed by atoms with van der Waals surface area (Å²) in [4.78, 5) is 0. The second-order valence-electron chi connectivity index (χ2n) is 9.14. The maximum atomic E-state index is 3.96. The van der Waals surface area contributed by atoms with E-state index in [1.165, 1.54) is 46.8 Å². The van der Waals surface area contributed by atoms with E-state index in [9.17, 15) is 0 Å². The normalized spacial score (nSPS) is 27.2. The number of nitrogens with one attached hydrogen (secondary N) is 1. The molecule has 0 spiro atoms. The zero-order valence-electron chi connectivity index (χ0n) is 16.5. The largest absolute Gasteiger partial charge is 0.382 e. The zero-order valence-corrected chi connectivity index (χ0v) is 16.5. The number of anilines is 1. The quantitative estimate of drug-likeness (QED) is 0.545. The summed E-state index contributed by atoms with van der Waals surface area (Å²) in [6, 6.07) is 14.3. The Morgan fingerprint density at radius 2 is 1.88 bits per heavy atom. The van der Waals surface area contributed by atoms with Gasteiger partial charge >= 0.3 is 0 Å². The predicted molar refractivity (Wildman–Crippen MR) is 112 cm³/mol. The van der Waals surface area contributed by atoms with Crippen LogP contribution in [0.5, 0.6) is 0 Å². The fourth-order valence-electron chi connectivity index (χ4n) is 6.06. The summed E-state index contributed by atoms with van der Waals surface area (Å²) in [5, 5.41) is 6.86. The molecule has 2 aliphatic rings. The van der Waals surface area contributed by atoms with Crippen LogP contribution in [0.25, 0.3) is 21.8 Å². The summed E-state index contributed by atoms with van der Waals surface area (Å²) >= 11 is 0. The van der Waals surface area contributed by atoms with Gasteiger partial charge in [-0.05, 0) is 60.8 Å². The maximum absolute atomic E-state index is 3.96. The lowest BCUT2D eigenvalue weighted by molar-refractivity contribution is 0.175. The Kier molecular flexibility index (Phi) is 3.44. The molecule has 3 aromatic rings. The minimum Gasteiger partial charge on any atom is -0.382 e. The van der Waals surface area contributed by atoms with E-state index >= 15 is 0 Å². The second-order valence-corrected chi connectivity index (χ2v) is 9.14. The molecule has 0 amide bonds. The zero-order chi connectivity index (χ0) is 18.1. The lowest BCUT2D eigenvalue weighted by Crippen LogP contribution is -2.49. The van der Waals surface area contributed by atoms with E-state index in [1.54, 1.807) is 5.56 Å². The third-order valence-electron chi connectivity index (χ3n) is 7.28. The molecule has 1 N–H and O–H groups in total. The standard InChI is InChI=1S/C24H30N2/c1-5-26-20-9-7-6-8-16(20)22-21(26)13-12-18-23(22)24(3,4)17-11-10-15(2)14-19(17)25-18/h6-9,12-13,15,17,19,25H,5,10-11,14H2,1-4H3/t15-,17-,19-/m0/s1. The number of rotatable bonds is 1. The lowest BCUT2D eigenvalue weighted by atomic mass is 9.60. The first kappa shape index (κ1) is 16.2. The van der Waals surface area contributed by atoms with E-state index in [0.717, 1.165) is 18.4 Å². The van der Waals surface area contributed by atoms with Gasteiger partial charge in [0.05, 0.1) is 0 Å². The van der Waals surface area contributed by atoms with Crippen LogP contribution in [-0.2, 0) is 12.0 Å². The molecule has 2 nitrogen and oxygen atoms in total. The molecule has 0 saturated heterocycles. The fraction of sp³-hybridized carbons (Fsp3) is 0.500. The Morgan fingerprint density at radius 3 is 2.69 bits per heavy atom. The van der Waals surface area contributed by atoms with Crippen LogP contribution in [0.1, 0.15) is 52.5 Å². The highest BCUT2D eigenvalue weighted by Gasteiger charge is 2.45. The Morgan fingerprint density at radius 1 is 1.08 bits per heavy atom. The van der Waals surface area contributed by atoms with E-state index in [1.807, 2.05) is 0 Å². The molecular formula is C24H30N2. The third kappa shape index (κ3) is 2.05. The molecule has 5 rings (SSSR count). The first-order valence-electron chi connectivity index (χ1n) is 10.3. The number of benzene rings is 2. The van der Waals surface area contributed by atoms with Gasteiger partial charge in [0.2, 0.25) is 0 Å². The summed E-state index contributed by atoms with van der Waals surface area (Å²) < 4.78 is 2.48. The van der Waals surface area contributed by atoms with Crippen LogP contribution in [0.4, 0.5) is 5.69 Å². The molecule has 1 saturated carbocycles. The molecule has 0 unspecified atom stereocenters. The highest BCUT2D eigenvalue weighted by atomic mass is 15.0. The van der Waals surface area contributed by atoms with Crippen molar-refractivity contribution in [3.05, 3.63) is 42.0 Å². The van der Waals surface area contributed by atoms with Crippen molar-refractivity contribution in [2.24, 2.45) is 11.8 Å². The van der Waals surface area contributed by atoms with Gasteiger partial charge in [0.25, 0.3) is 0 Å². The van der Waals surface area contributed by atoms with Crippen LogP contribution in [0.15, 0.2) is 36.4 Å². The predicted octanol–water partition coefficient (Wildman–Crippen LogP) is 6.32. The number of aromatic nitrogens is 1. The highest BCUT2D eigenvalue weighted by Crippen LogP contribution is 2.52. The first-order valence-corrected chi connectivity index (χ1v) is 10.3. The van der Waals surface area contributed by atoms with Gasteiger partial charge < -0.3 is 9.88 Å². The van der Waals surface area contributed by atoms with Crippen molar-refractivity contribution in [3.63, 3.8) is 0 Å². The Balaban J connectivity index is 1.84. The molecular weight excluding hydrogens is 316 g/mol. The molecule has 2 aromatic carbocycles. The number of para-hydroxylation sites is 1. The first-order chi connectivity index (χ1) is 12.5. The van der Waals surface area contributed by atoms with Crippen LogP contribution < -0.4 is 5.32 Å². The average Bonchev–Trinajstić information content (AvgIpc) is 2.94. The number of nitrogens with zero attached hydrogens (tertiary/aromatic N) is 1. The molecule has 1 aliphatic carbocycles. The van der Waals surface area contributed by atoms with Crippen molar-refractivity contribution < 1.29 is 0 Å². The van der Waals surface area contributed by atoms with Gasteiger partial charge in [0.15, 0.2) is 0 Å². The molecule has 2 heteroatoms. The number of hydrogen-bond acceptors (Lipinski definition) is 1. The van der Waals surface area contributed by atoms with Crippen molar-refractivity contribution in [1.29, 1.82) is 0 Å². The van der Waals surface area contributed by atoms with Gasteiger partial charge in [0, 0.05) is 40.1 Å². The van der Waals surface area contributed by atoms with Gasteiger partial charge in [0.1, 0.15) is 0 Å². The van der Waals surface area contributed by atoms with E-state index in [2.05, 4.69) is 74.0 Å². The molecule has 1 aromatic heterocycles. The van der Waals surface area contributed by atoms with E-state index in [4.69, 9.17) is 0 Å². The summed E-state index contributed by atoms with van der Waals surface area (Å²) in [5.74, 6) is 1.56. The van der Waals surface area contributed by atoms with Crippen LogP contribution in [0, 0.1) is 11.8 Å². The Bertz CT molecular complexity index is 994. The number of hydrogen-bond donors (Lipinski definition) is 1. The smallest absolute Gasteiger partial charge is 0.0495 e. The van der Waals surface area contributed by atoms with Gasteiger partial charge in [-0.15, -0.1) is 0 Å². The van der Waals surface area contributed by atoms with Crippen molar-refractivity contribution in [1.82, 2.24) is 4.57 Å². The molecule has 2 heterocycles. The summed E-state index contributed by atoms with van der Waals surface area (Å²) in [5.41, 5.74) is 5.89. The topological polar surface area (TPSA) is 17.0 Å². The average molecular weight is 347 g/mol. The summed E-state index contributed by atoms with van der Waals surface area (Å²) in [7, 11) is 0. The van der Waals surface area contributed by atoms with Gasteiger partial charge in [-0.3, -0.25) is 0 Å². The van der Waals surface area contributed by atoms with Gasteiger partial charge in [-0.25, -0.2) is 0 Å². The van der Waals surface area contributed by atoms with Crippen LogP contribution >= 0.6 is 0 Å². The molecule has 136 valence electrons. The van der Waals surface area contributed by atoms with Crippen molar-refractivity contribution in [2.45, 2.75) is 65.0 Å². The van der Waals surface area contributed by atoms with Crippen molar-refractivity contribution in [3.8, 4) is 0 Å². The molecule has 1 fully saturated rings. The molecule has 1 aliphatic heterocycles. The Labute approximate surface area is 156 Å². The van der Waals surface area contributed by atoms with Crippen LogP contribution in [0.2, 0.25) is 0 Å². The Hall–Kier alpha value is -1.96. The van der Waals surface area contributed by atoms with Gasteiger partial charge in [-0.2, -0.15) is 0 Å². The van der Waals surface area contributed by atoms with E-state index in [-0.39, 0.29) is 5.41 Å². The molecule has 26 heavy (non-hydrogen) atoms. The number of aryl methyl sites for hydroxylation is 1. The molecule has 0 bridgehead atoms. The molecule has 0 radical (unpaired) electrons. The lowest BCUT2D eigenvalue weighted by Gasteiger charge is -2.50. The molecule has 3 atom stereocenters. The third-order valence-corrected chi connectivity index (χ3v) is 7.28. The van der Waals surface area contributed by atoms with E-state index in [0.29, 0.717) is 6.04 Å². The summed E-state index contributed by atoms with van der Waals surface area (Å²) in [6.45, 7) is 10.7. The van der Waals surface area contributed by atoms with Crippen molar-refractivity contribution in [2.75, 3.05) is 5.32 Å². The number of fused-ring (bicyclic) bond motifs is 6. The second kappa shape index (κ2) is 5.52. The summed E-state index contributed by atoms with van der Waals surface area (Å²) in [6.07, 6.45) is 4.02. The maximum Gasteiger partial charge on any atom is 0.0495 e. The monoisotopic (exact) mass is 346 g/mol. The van der Waals surface area contributed by atoms with Crippen molar-refractivity contribution >= 4 is 27.5 Å². The SMILES string of the molecule is CCn1c2ccccc2c2c3c(ccc21)N[C@H]1C[C@@H](C)CC[C@@H]1C3(C)C. The van der Waals surface area contributed by atoms with E-state index < -0.39 is 0 Å². The fourth-order valence-corrected chi connectivity index (χ4v) is 6.06. The highest BCUT2D eigenvalue weighted by molar-refractivity contribution is 6.12. The minimum absolute atomic E-state index is 0.202. The van der Waals surface area contributed by atoms with Gasteiger partial charge in [-0.1, -0.05) is 45.4 Å². The minimum atomic E-state index is 0.202. The van der Waals surface area contributed by atoms with Crippen LogP contribution in [-0.4, -0.2) is 10.6 Å². The van der Waals surface area contributed by atoms with Crippen LogP contribution in [0.3, 0.4) is 0 Å².